The molecule has 1 fully saturated rings. The van der Waals surface area contributed by atoms with E-state index in [1.54, 1.807) is 18.4 Å². The maximum absolute atomic E-state index is 13.1. The highest BCUT2D eigenvalue weighted by Gasteiger charge is 2.44. The van der Waals surface area contributed by atoms with Gasteiger partial charge in [0, 0.05) is 33.5 Å². The lowest BCUT2D eigenvalue weighted by Gasteiger charge is -2.36. The third kappa shape index (κ3) is 3.09. The van der Waals surface area contributed by atoms with Crippen LogP contribution < -0.4 is 9.64 Å². The van der Waals surface area contributed by atoms with Gasteiger partial charge in [-0.15, -0.1) is 11.3 Å². The van der Waals surface area contributed by atoms with Crippen LogP contribution in [-0.4, -0.2) is 42.3 Å². The number of fused-ring (bicyclic) bond motifs is 2. The van der Waals surface area contributed by atoms with Gasteiger partial charge in [-0.3, -0.25) is 14.4 Å². The van der Waals surface area contributed by atoms with Crippen LogP contribution in [-0.2, 0) is 21.4 Å². The minimum absolute atomic E-state index is 0.103. The van der Waals surface area contributed by atoms with Gasteiger partial charge in [-0.1, -0.05) is 0 Å². The number of carboxylic acids is 1. The molecule has 0 saturated heterocycles. The lowest BCUT2D eigenvalue weighted by atomic mass is 9.74. The summed E-state index contributed by atoms with van der Waals surface area (Å²) in [6.45, 7) is 3.69. The Labute approximate surface area is 191 Å². The number of methoxy groups -OCH3 is 1. The molecule has 32 heavy (non-hydrogen) atoms. The van der Waals surface area contributed by atoms with Gasteiger partial charge in [0.2, 0.25) is 0 Å². The molecule has 2 heterocycles. The van der Waals surface area contributed by atoms with Gasteiger partial charge >= 0.3 is 5.97 Å². The first-order valence-electron chi connectivity index (χ1n) is 11.2. The van der Waals surface area contributed by atoms with Crippen LogP contribution in [0.3, 0.4) is 0 Å². The maximum atomic E-state index is 13.1. The molecule has 2 unspecified atom stereocenters. The topological polar surface area (TPSA) is 83.9 Å². The van der Waals surface area contributed by atoms with Crippen molar-refractivity contribution in [2.75, 3.05) is 18.6 Å². The van der Waals surface area contributed by atoms with E-state index in [1.165, 1.54) is 6.92 Å². The molecule has 0 spiro atoms. The van der Waals surface area contributed by atoms with E-state index in [0.29, 0.717) is 30.3 Å². The highest BCUT2D eigenvalue weighted by atomic mass is 32.1. The number of aryl methyl sites for hydroxylation is 1. The van der Waals surface area contributed by atoms with Crippen LogP contribution >= 0.6 is 11.3 Å². The molecular formula is C25H27NO5S. The quantitative estimate of drug-likeness (QED) is 0.673. The molecule has 0 amide bonds. The zero-order valence-corrected chi connectivity index (χ0v) is 19.4. The fourth-order valence-electron chi connectivity index (χ4n) is 5.22. The second kappa shape index (κ2) is 7.44. The van der Waals surface area contributed by atoms with Crippen LogP contribution in [0, 0.1) is 5.92 Å². The van der Waals surface area contributed by atoms with Gasteiger partial charge in [-0.25, -0.2) is 0 Å². The Bertz CT molecular complexity index is 1150. The number of thiophene rings is 1. The molecule has 2 aromatic rings. The minimum atomic E-state index is -0.880. The van der Waals surface area contributed by atoms with Crippen molar-refractivity contribution in [3.05, 3.63) is 34.2 Å². The standard InChI is InChI=1S/C25H27NO5S/c1-13(27)17-12-26(14-6-7-14)21-16(22(17)28)9-8-15(23(21)31-3)20-11-18-19(32-20)5-4-10-25(18,2)24(29)30/h8-9,11,14,17H,4-7,10,12H2,1-3H3,(H,29,30). The Morgan fingerprint density at radius 2 is 1.97 bits per heavy atom. The van der Waals surface area contributed by atoms with Crippen LogP contribution in [0.15, 0.2) is 18.2 Å². The van der Waals surface area contributed by atoms with Crippen LogP contribution in [0.2, 0.25) is 0 Å². The van der Waals surface area contributed by atoms with Crippen molar-refractivity contribution in [2.45, 2.75) is 57.4 Å². The summed E-state index contributed by atoms with van der Waals surface area (Å²) in [5.41, 5.74) is 2.21. The minimum Gasteiger partial charge on any atom is -0.494 e. The molecule has 1 saturated carbocycles. The first-order valence-corrected chi connectivity index (χ1v) is 12.0. The van der Waals surface area contributed by atoms with E-state index in [1.807, 2.05) is 25.1 Å². The van der Waals surface area contributed by atoms with Gasteiger partial charge in [0.05, 0.1) is 24.1 Å². The molecular weight excluding hydrogens is 426 g/mol. The molecule has 0 radical (unpaired) electrons. The third-order valence-corrected chi connectivity index (χ3v) is 8.51. The number of carboxylic acid groups (broad SMARTS) is 1. The Balaban J connectivity index is 1.66. The summed E-state index contributed by atoms with van der Waals surface area (Å²) < 4.78 is 5.89. The van der Waals surface area contributed by atoms with Crippen LogP contribution in [0.5, 0.6) is 5.75 Å². The maximum Gasteiger partial charge on any atom is 0.313 e. The molecule has 2 aliphatic carbocycles. The third-order valence-electron chi connectivity index (χ3n) is 7.28. The smallest absolute Gasteiger partial charge is 0.313 e. The number of aliphatic carboxylic acids is 1. The number of ether oxygens (including phenoxy) is 1. The molecule has 3 aliphatic rings. The number of carbonyl (C=O) groups is 3. The van der Waals surface area contributed by atoms with E-state index < -0.39 is 17.3 Å². The number of anilines is 1. The van der Waals surface area contributed by atoms with Gasteiger partial charge in [-0.05, 0) is 69.7 Å². The molecule has 1 aliphatic heterocycles. The largest absolute Gasteiger partial charge is 0.494 e. The number of hydrogen-bond donors (Lipinski definition) is 1. The molecule has 168 valence electrons. The van der Waals surface area contributed by atoms with Gasteiger partial charge in [-0.2, -0.15) is 0 Å². The van der Waals surface area contributed by atoms with Crippen molar-refractivity contribution >= 4 is 34.6 Å². The van der Waals surface area contributed by atoms with Crippen molar-refractivity contribution in [2.24, 2.45) is 5.92 Å². The SMILES string of the molecule is COc1c(-c2cc3c(s2)CCCC3(C)C(=O)O)ccc2c1N(C1CC1)CC(C(C)=O)C2=O. The highest BCUT2D eigenvalue weighted by molar-refractivity contribution is 7.15. The van der Waals surface area contributed by atoms with Crippen molar-refractivity contribution in [3.63, 3.8) is 0 Å². The molecule has 5 rings (SSSR count). The van der Waals surface area contributed by atoms with E-state index >= 15 is 0 Å². The number of rotatable bonds is 5. The monoisotopic (exact) mass is 453 g/mol. The summed E-state index contributed by atoms with van der Waals surface area (Å²) in [6, 6.07) is 6.02. The van der Waals surface area contributed by atoms with Crippen molar-refractivity contribution in [3.8, 4) is 16.2 Å². The average Bonchev–Trinajstić information content (AvgIpc) is 3.51. The average molecular weight is 454 g/mol. The van der Waals surface area contributed by atoms with Gasteiger partial charge in [0.25, 0.3) is 0 Å². The second-order valence-electron chi connectivity index (χ2n) is 9.39. The fraction of sp³-hybridized carbons (Fsp3) is 0.480. The van der Waals surface area contributed by atoms with Crippen molar-refractivity contribution in [1.29, 1.82) is 0 Å². The summed E-state index contributed by atoms with van der Waals surface area (Å²) in [4.78, 5) is 41.6. The zero-order valence-electron chi connectivity index (χ0n) is 18.6. The Hall–Kier alpha value is -2.67. The van der Waals surface area contributed by atoms with Gasteiger partial charge < -0.3 is 14.7 Å². The summed E-state index contributed by atoms with van der Waals surface area (Å²) in [5.74, 6) is -1.03. The first kappa shape index (κ1) is 21.2. The van der Waals surface area contributed by atoms with Gasteiger partial charge in [0.15, 0.2) is 11.5 Å². The first-order chi connectivity index (χ1) is 15.3. The molecule has 1 aromatic heterocycles. The Morgan fingerprint density at radius 1 is 1.25 bits per heavy atom. The number of nitrogens with zero attached hydrogens (tertiary/aromatic N) is 1. The highest BCUT2D eigenvalue weighted by Crippen LogP contribution is 2.51. The summed E-state index contributed by atoms with van der Waals surface area (Å²) in [5, 5.41) is 9.89. The molecule has 2 atom stereocenters. The van der Waals surface area contributed by atoms with Gasteiger partial charge in [0.1, 0.15) is 5.78 Å². The van der Waals surface area contributed by atoms with Crippen molar-refractivity contribution < 1.29 is 24.2 Å². The van der Waals surface area contributed by atoms with E-state index in [4.69, 9.17) is 4.74 Å². The number of carbonyl (C=O) groups excluding carboxylic acids is 2. The number of hydrogen-bond acceptors (Lipinski definition) is 6. The molecule has 0 bridgehead atoms. The second-order valence-corrected chi connectivity index (χ2v) is 10.5. The predicted molar refractivity (Wildman–Crippen MR) is 123 cm³/mol. The van der Waals surface area contributed by atoms with Crippen molar-refractivity contribution in [1.82, 2.24) is 0 Å². The van der Waals surface area contributed by atoms with E-state index in [-0.39, 0.29) is 11.6 Å². The number of benzene rings is 1. The molecule has 1 aromatic carbocycles. The number of ketones is 2. The van der Waals surface area contributed by atoms with Crippen LogP contribution in [0.4, 0.5) is 5.69 Å². The lowest BCUT2D eigenvalue weighted by Crippen LogP contribution is -2.43. The van der Waals surface area contributed by atoms with E-state index in [2.05, 4.69) is 4.90 Å². The van der Waals surface area contributed by atoms with E-state index in [0.717, 1.165) is 52.3 Å². The van der Waals surface area contributed by atoms with Crippen LogP contribution in [0.25, 0.3) is 10.4 Å². The molecule has 7 heteroatoms. The zero-order chi connectivity index (χ0) is 22.8. The predicted octanol–water partition coefficient (Wildman–Crippen LogP) is 4.47. The molecule has 1 N–H and O–H groups in total. The van der Waals surface area contributed by atoms with E-state index in [9.17, 15) is 19.5 Å². The lowest BCUT2D eigenvalue weighted by molar-refractivity contribution is -0.143. The Morgan fingerprint density at radius 3 is 2.59 bits per heavy atom. The fourth-order valence-corrected chi connectivity index (χ4v) is 6.57. The summed E-state index contributed by atoms with van der Waals surface area (Å²) in [6.07, 6.45) is 4.44. The Kier molecular flexibility index (Phi) is 4.93. The summed E-state index contributed by atoms with van der Waals surface area (Å²) in [7, 11) is 1.61. The summed E-state index contributed by atoms with van der Waals surface area (Å²) >= 11 is 1.62. The number of Topliss-reactive ketones (excluding diaryl/α,β-unsaturated/α-hetero) is 2. The normalized spacial score (nSPS) is 24.7. The molecule has 6 nitrogen and oxygen atoms in total. The van der Waals surface area contributed by atoms with Crippen LogP contribution in [0.1, 0.15) is 60.3 Å².